The number of hydrogen-bond donors (Lipinski definition) is 0. The zero-order chi connectivity index (χ0) is 20.4. The lowest BCUT2D eigenvalue weighted by Crippen LogP contribution is -2.03. The van der Waals surface area contributed by atoms with E-state index in [1.54, 1.807) is 18.5 Å². The molecule has 7 heteroatoms. The molecule has 0 bridgehead atoms. The summed E-state index contributed by atoms with van der Waals surface area (Å²) in [6, 6.07) is 9.35. The molecule has 0 unspecified atom stereocenters. The lowest BCUT2D eigenvalue weighted by atomic mass is 10.0. The zero-order valence-corrected chi connectivity index (χ0v) is 17.1. The molecule has 4 rings (SSSR count). The number of aromatic nitrogens is 4. The van der Waals surface area contributed by atoms with Crippen molar-refractivity contribution in [3.05, 3.63) is 82.5 Å². The van der Waals surface area contributed by atoms with E-state index in [0.717, 1.165) is 38.6 Å². The van der Waals surface area contributed by atoms with Crippen LogP contribution in [0.2, 0.25) is 0 Å². The molecule has 0 radical (unpaired) electrons. The fourth-order valence-electron chi connectivity index (χ4n) is 3.15. The second kappa shape index (κ2) is 8.05. The van der Waals surface area contributed by atoms with Crippen molar-refractivity contribution in [2.24, 2.45) is 0 Å². The summed E-state index contributed by atoms with van der Waals surface area (Å²) >= 11 is 1.53. The van der Waals surface area contributed by atoms with Gasteiger partial charge in [-0.25, -0.2) is 4.79 Å². The van der Waals surface area contributed by atoms with Gasteiger partial charge in [-0.2, -0.15) is 0 Å². The van der Waals surface area contributed by atoms with Gasteiger partial charge in [-0.15, -0.1) is 16.8 Å². The van der Waals surface area contributed by atoms with Crippen molar-refractivity contribution >= 4 is 22.7 Å². The van der Waals surface area contributed by atoms with Crippen LogP contribution in [0.1, 0.15) is 16.7 Å². The first kappa shape index (κ1) is 19.1. The summed E-state index contributed by atoms with van der Waals surface area (Å²) in [6.45, 7) is 8.50. The van der Waals surface area contributed by atoms with Crippen LogP contribution in [0.5, 0.6) is 0 Å². The average molecular weight is 404 g/mol. The Kier molecular flexibility index (Phi) is 5.31. The first-order valence-electron chi connectivity index (χ1n) is 9.18. The summed E-state index contributed by atoms with van der Waals surface area (Å²) in [7, 11) is 0. The number of allylic oxidation sites excluding steroid dienone is 1. The Bertz CT molecular complexity index is 1250. The first-order chi connectivity index (χ1) is 14.1. The van der Waals surface area contributed by atoms with Gasteiger partial charge in [0.05, 0.1) is 0 Å². The molecule has 4 aromatic rings. The van der Waals surface area contributed by atoms with Gasteiger partial charge in [-0.05, 0) is 54.8 Å². The van der Waals surface area contributed by atoms with Crippen LogP contribution in [-0.2, 0) is 12.3 Å². The van der Waals surface area contributed by atoms with E-state index in [1.165, 1.54) is 11.8 Å². The number of rotatable bonds is 6. The minimum atomic E-state index is -0.346. The molecule has 0 amide bonds. The minimum absolute atomic E-state index is 0.346. The minimum Gasteiger partial charge on any atom is -0.423 e. The molecule has 29 heavy (non-hydrogen) atoms. The van der Waals surface area contributed by atoms with E-state index < -0.39 is 0 Å². The summed E-state index contributed by atoms with van der Waals surface area (Å²) in [5.41, 5.74) is 4.38. The summed E-state index contributed by atoms with van der Waals surface area (Å²) in [6.07, 6.45) is 5.28. The molecule has 0 fully saturated rings. The molecule has 3 aromatic heterocycles. The number of nitrogens with zero attached hydrogens (tertiary/aromatic N) is 4. The first-order valence-corrected chi connectivity index (χ1v) is 10.2. The highest BCUT2D eigenvalue weighted by atomic mass is 32.2. The number of pyridine rings is 1. The van der Waals surface area contributed by atoms with Crippen molar-refractivity contribution in [1.82, 2.24) is 19.7 Å². The van der Waals surface area contributed by atoms with E-state index in [1.807, 2.05) is 35.8 Å². The topological polar surface area (TPSA) is 73.8 Å². The summed E-state index contributed by atoms with van der Waals surface area (Å²) in [5, 5.41) is 10.4. The normalized spacial score (nSPS) is 11.1. The molecule has 3 heterocycles. The van der Waals surface area contributed by atoms with Crippen molar-refractivity contribution in [3.8, 4) is 11.4 Å². The largest absolute Gasteiger partial charge is 0.423 e. The van der Waals surface area contributed by atoms with Crippen LogP contribution >= 0.6 is 11.8 Å². The molecule has 0 aliphatic rings. The maximum absolute atomic E-state index is 12.0. The van der Waals surface area contributed by atoms with Gasteiger partial charge in [0.1, 0.15) is 5.58 Å². The fraction of sp³-hybridized carbons (Fsp3) is 0.182. The Morgan fingerprint density at radius 1 is 1.14 bits per heavy atom. The Hall–Kier alpha value is -3.19. The van der Waals surface area contributed by atoms with Crippen molar-refractivity contribution in [2.75, 3.05) is 0 Å². The Balaban J connectivity index is 1.69. The predicted octanol–water partition coefficient (Wildman–Crippen LogP) is 4.54. The van der Waals surface area contributed by atoms with E-state index in [9.17, 15) is 4.79 Å². The lowest BCUT2D eigenvalue weighted by Gasteiger charge is -2.09. The van der Waals surface area contributed by atoms with Crippen LogP contribution in [-0.4, -0.2) is 19.7 Å². The summed E-state index contributed by atoms with van der Waals surface area (Å²) in [4.78, 5) is 16.1. The van der Waals surface area contributed by atoms with Crippen LogP contribution in [0.3, 0.4) is 0 Å². The standard InChI is InChI=1S/C22H20N4O2S/c1-4-9-26-21(16-5-7-23-8-6-16)24-25-22(26)29-13-17-12-20(27)28-19-11-15(3)14(2)10-18(17)19/h4-8,10-12H,1,9,13H2,2-3H3. The molecule has 1 aromatic carbocycles. The van der Waals surface area contributed by atoms with E-state index in [2.05, 4.69) is 34.8 Å². The van der Waals surface area contributed by atoms with Crippen molar-refractivity contribution in [1.29, 1.82) is 0 Å². The molecule has 0 saturated heterocycles. The van der Waals surface area contributed by atoms with E-state index in [4.69, 9.17) is 4.42 Å². The number of benzene rings is 1. The molecule has 0 saturated carbocycles. The fourth-order valence-corrected chi connectivity index (χ4v) is 4.09. The molecular weight excluding hydrogens is 384 g/mol. The van der Waals surface area contributed by atoms with Gasteiger partial charge in [0.2, 0.25) is 0 Å². The highest BCUT2D eigenvalue weighted by Gasteiger charge is 2.15. The second-order valence-corrected chi connectivity index (χ2v) is 7.70. The number of fused-ring (bicyclic) bond motifs is 1. The Morgan fingerprint density at radius 3 is 2.66 bits per heavy atom. The van der Waals surface area contributed by atoms with Gasteiger partial charge in [0.15, 0.2) is 11.0 Å². The van der Waals surface area contributed by atoms with Crippen LogP contribution in [0.4, 0.5) is 0 Å². The molecule has 0 aliphatic heterocycles. The third-order valence-electron chi connectivity index (χ3n) is 4.77. The van der Waals surface area contributed by atoms with Crippen LogP contribution in [0.25, 0.3) is 22.4 Å². The summed E-state index contributed by atoms with van der Waals surface area (Å²) in [5.74, 6) is 1.34. The quantitative estimate of drug-likeness (QED) is 0.267. The van der Waals surface area contributed by atoms with E-state index in [0.29, 0.717) is 17.9 Å². The number of thioether (sulfide) groups is 1. The monoisotopic (exact) mass is 404 g/mol. The Morgan fingerprint density at radius 2 is 1.90 bits per heavy atom. The maximum Gasteiger partial charge on any atom is 0.336 e. The molecule has 0 N–H and O–H groups in total. The average Bonchev–Trinajstić information content (AvgIpc) is 3.11. The third kappa shape index (κ3) is 3.86. The Labute approximate surface area is 172 Å². The van der Waals surface area contributed by atoms with E-state index in [-0.39, 0.29) is 5.63 Å². The number of hydrogen-bond acceptors (Lipinski definition) is 6. The molecule has 0 aliphatic carbocycles. The molecular formula is C22H20N4O2S. The second-order valence-electron chi connectivity index (χ2n) is 6.75. The SMILES string of the molecule is C=CCn1c(SCc2cc(=O)oc3cc(C)c(C)cc23)nnc1-c1ccncc1. The van der Waals surface area contributed by atoms with Gasteiger partial charge >= 0.3 is 5.63 Å². The number of aryl methyl sites for hydroxylation is 2. The van der Waals surface area contributed by atoms with Gasteiger partial charge in [-0.1, -0.05) is 17.8 Å². The van der Waals surface area contributed by atoms with Gasteiger partial charge in [0, 0.05) is 41.7 Å². The zero-order valence-electron chi connectivity index (χ0n) is 16.3. The molecule has 146 valence electrons. The molecule has 6 nitrogen and oxygen atoms in total. The van der Waals surface area contributed by atoms with Crippen LogP contribution in [0, 0.1) is 13.8 Å². The van der Waals surface area contributed by atoms with E-state index >= 15 is 0 Å². The van der Waals surface area contributed by atoms with Crippen molar-refractivity contribution in [3.63, 3.8) is 0 Å². The highest BCUT2D eigenvalue weighted by Crippen LogP contribution is 2.29. The highest BCUT2D eigenvalue weighted by molar-refractivity contribution is 7.98. The predicted molar refractivity (Wildman–Crippen MR) is 115 cm³/mol. The molecule has 0 spiro atoms. The third-order valence-corrected chi connectivity index (χ3v) is 5.78. The summed E-state index contributed by atoms with van der Waals surface area (Å²) < 4.78 is 7.41. The van der Waals surface area contributed by atoms with Gasteiger partial charge in [-0.3, -0.25) is 9.55 Å². The van der Waals surface area contributed by atoms with Gasteiger partial charge in [0.25, 0.3) is 0 Å². The van der Waals surface area contributed by atoms with Crippen molar-refractivity contribution in [2.45, 2.75) is 31.3 Å². The van der Waals surface area contributed by atoms with Crippen LogP contribution < -0.4 is 5.63 Å². The van der Waals surface area contributed by atoms with Gasteiger partial charge < -0.3 is 4.42 Å². The van der Waals surface area contributed by atoms with Crippen molar-refractivity contribution < 1.29 is 4.42 Å². The molecule has 0 atom stereocenters. The smallest absolute Gasteiger partial charge is 0.336 e. The maximum atomic E-state index is 12.0. The lowest BCUT2D eigenvalue weighted by molar-refractivity contribution is 0.559. The van der Waals surface area contributed by atoms with Crippen LogP contribution in [0.15, 0.2) is 69.7 Å².